The molecule has 0 amide bonds. The molecule has 0 aromatic carbocycles. The van der Waals surface area contributed by atoms with E-state index in [-0.39, 0.29) is 0 Å². The number of carbonyl (C=O) groups is 1. The van der Waals surface area contributed by atoms with Crippen LogP contribution in [0.5, 0.6) is 0 Å². The van der Waals surface area contributed by atoms with E-state index in [2.05, 4.69) is 11.8 Å². The molecule has 3 N–H and O–H groups in total. The Morgan fingerprint density at radius 1 is 1.50 bits per heavy atom. The van der Waals surface area contributed by atoms with Gasteiger partial charge in [-0.15, -0.1) is 0 Å². The summed E-state index contributed by atoms with van der Waals surface area (Å²) in [7, 11) is 0. The van der Waals surface area contributed by atoms with Gasteiger partial charge in [-0.05, 0) is 32.1 Å². The molecule has 1 saturated heterocycles. The second-order valence-corrected chi connectivity index (χ2v) is 5.47. The summed E-state index contributed by atoms with van der Waals surface area (Å²) < 4.78 is 0. The third-order valence-corrected chi connectivity index (χ3v) is 4.41. The molecule has 0 aromatic heterocycles. The van der Waals surface area contributed by atoms with Crippen LogP contribution in [0.3, 0.4) is 0 Å². The minimum atomic E-state index is -1.01. The number of hydrogen-bond donors (Lipinski definition) is 2. The van der Waals surface area contributed by atoms with Crippen molar-refractivity contribution in [1.82, 2.24) is 4.90 Å². The first-order valence-electron chi connectivity index (χ1n) is 6.29. The first-order chi connectivity index (χ1) is 7.53. The lowest BCUT2D eigenvalue weighted by molar-refractivity contribution is -0.142. The van der Waals surface area contributed by atoms with Gasteiger partial charge < -0.3 is 10.8 Å². The summed E-state index contributed by atoms with van der Waals surface area (Å²) in [5.41, 5.74) is 4.88. The quantitative estimate of drug-likeness (QED) is 0.755. The number of carboxylic acids is 1. The third kappa shape index (κ3) is 2.09. The molecule has 2 rings (SSSR count). The molecule has 1 heterocycles. The molecular formula is C12H22N2O2. The Morgan fingerprint density at radius 2 is 2.12 bits per heavy atom. The van der Waals surface area contributed by atoms with Crippen LogP contribution in [-0.2, 0) is 4.79 Å². The highest BCUT2D eigenvalue weighted by Gasteiger charge is 2.43. The van der Waals surface area contributed by atoms with Crippen molar-refractivity contribution in [3.05, 3.63) is 0 Å². The number of nitrogens with zero attached hydrogens (tertiary/aromatic N) is 1. The lowest BCUT2D eigenvalue weighted by Gasteiger charge is -2.30. The second-order valence-electron chi connectivity index (χ2n) is 5.47. The van der Waals surface area contributed by atoms with Crippen LogP contribution in [0.25, 0.3) is 0 Å². The van der Waals surface area contributed by atoms with Crippen molar-refractivity contribution < 1.29 is 9.90 Å². The van der Waals surface area contributed by atoms with E-state index in [1.54, 1.807) is 0 Å². The van der Waals surface area contributed by atoms with Crippen LogP contribution in [0.1, 0.15) is 39.0 Å². The number of rotatable bonds is 3. The van der Waals surface area contributed by atoms with Crippen molar-refractivity contribution in [2.24, 2.45) is 11.7 Å². The SMILES string of the molecule is CC(C1CCCC1)N1CCC(N)(C(=O)O)C1. The molecule has 4 nitrogen and oxygen atoms in total. The molecule has 2 aliphatic rings. The van der Waals surface area contributed by atoms with Crippen LogP contribution in [0.4, 0.5) is 0 Å². The van der Waals surface area contributed by atoms with Crippen LogP contribution in [0.2, 0.25) is 0 Å². The first kappa shape index (κ1) is 11.9. The highest BCUT2D eigenvalue weighted by molar-refractivity contribution is 5.79. The lowest BCUT2D eigenvalue weighted by Crippen LogP contribution is -2.51. The Hall–Kier alpha value is -0.610. The smallest absolute Gasteiger partial charge is 0.325 e. The Bertz CT molecular complexity index is 276. The van der Waals surface area contributed by atoms with Gasteiger partial charge in [0.25, 0.3) is 0 Å². The van der Waals surface area contributed by atoms with Gasteiger partial charge in [0, 0.05) is 19.1 Å². The predicted octanol–water partition coefficient (Wildman–Crippen LogP) is 1.05. The van der Waals surface area contributed by atoms with Crippen molar-refractivity contribution >= 4 is 5.97 Å². The fourth-order valence-corrected chi connectivity index (χ4v) is 3.12. The van der Waals surface area contributed by atoms with Crippen molar-refractivity contribution in [3.8, 4) is 0 Å². The summed E-state index contributed by atoms with van der Waals surface area (Å²) in [4.78, 5) is 13.3. The maximum Gasteiger partial charge on any atom is 0.325 e. The van der Waals surface area contributed by atoms with Gasteiger partial charge in [0.15, 0.2) is 0 Å². The van der Waals surface area contributed by atoms with Gasteiger partial charge in [0.2, 0.25) is 0 Å². The fourth-order valence-electron chi connectivity index (χ4n) is 3.12. The number of carboxylic acid groups (broad SMARTS) is 1. The van der Waals surface area contributed by atoms with E-state index in [0.29, 0.717) is 19.0 Å². The van der Waals surface area contributed by atoms with Crippen LogP contribution in [-0.4, -0.2) is 40.6 Å². The zero-order valence-corrected chi connectivity index (χ0v) is 9.98. The monoisotopic (exact) mass is 226 g/mol. The second kappa shape index (κ2) is 4.34. The maximum absolute atomic E-state index is 11.1. The van der Waals surface area contributed by atoms with Gasteiger partial charge in [-0.2, -0.15) is 0 Å². The number of likely N-dealkylation sites (tertiary alicyclic amines) is 1. The molecule has 4 heteroatoms. The zero-order valence-electron chi connectivity index (χ0n) is 9.98. The van der Waals surface area contributed by atoms with Gasteiger partial charge in [-0.3, -0.25) is 9.69 Å². The largest absolute Gasteiger partial charge is 0.480 e. The lowest BCUT2D eigenvalue weighted by atomic mass is 9.98. The van der Waals surface area contributed by atoms with Crippen molar-refractivity contribution in [3.63, 3.8) is 0 Å². The van der Waals surface area contributed by atoms with Gasteiger partial charge in [-0.25, -0.2) is 0 Å². The van der Waals surface area contributed by atoms with Gasteiger partial charge in [0.1, 0.15) is 5.54 Å². The third-order valence-electron chi connectivity index (χ3n) is 4.41. The topological polar surface area (TPSA) is 66.6 Å². The molecule has 92 valence electrons. The molecule has 16 heavy (non-hydrogen) atoms. The van der Waals surface area contributed by atoms with E-state index < -0.39 is 11.5 Å². The molecule has 2 fully saturated rings. The molecule has 0 aromatic rings. The Balaban J connectivity index is 1.95. The van der Waals surface area contributed by atoms with E-state index in [4.69, 9.17) is 10.8 Å². The van der Waals surface area contributed by atoms with E-state index in [9.17, 15) is 4.79 Å². The predicted molar refractivity (Wildman–Crippen MR) is 62.2 cm³/mol. The summed E-state index contributed by atoms with van der Waals surface area (Å²) in [5.74, 6) is -0.107. The van der Waals surface area contributed by atoms with Crippen molar-refractivity contribution in [2.75, 3.05) is 13.1 Å². The molecular weight excluding hydrogens is 204 g/mol. The molecule has 2 atom stereocenters. The summed E-state index contributed by atoms with van der Waals surface area (Å²) in [6, 6.07) is 0.493. The average Bonchev–Trinajstić information content (AvgIpc) is 2.85. The van der Waals surface area contributed by atoms with Gasteiger partial charge >= 0.3 is 5.97 Å². The highest BCUT2D eigenvalue weighted by Crippen LogP contribution is 2.32. The van der Waals surface area contributed by atoms with Gasteiger partial charge in [-0.1, -0.05) is 12.8 Å². The van der Waals surface area contributed by atoms with Crippen LogP contribution in [0.15, 0.2) is 0 Å². The minimum absolute atomic E-state index is 0.493. The van der Waals surface area contributed by atoms with Crippen LogP contribution in [0, 0.1) is 5.92 Å². The van der Waals surface area contributed by atoms with Crippen LogP contribution < -0.4 is 5.73 Å². The van der Waals surface area contributed by atoms with E-state index in [0.717, 1.165) is 12.5 Å². The van der Waals surface area contributed by atoms with Crippen molar-refractivity contribution in [1.29, 1.82) is 0 Å². The Kier molecular flexibility index (Phi) is 3.22. The summed E-state index contributed by atoms with van der Waals surface area (Å²) in [5, 5.41) is 9.09. The number of nitrogens with two attached hydrogens (primary N) is 1. The highest BCUT2D eigenvalue weighted by atomic mass is 16.4. The van der Waals surface area contributed by atoms with Crippen LogP contribution >= 0.6 is 0 Å². The number of hydrogen-bond acceptors (Lipinski definition) is 3. The first-order valence-corrected chi connectivity index (χ1v) is 6.29. The summed E-state index contributed by atoms with van der Waals surface area (Å²) >= 11 is 0. The average molecular weight is 226 g/mol. The number of aliphatic carboxylic acids is 1. The summed E-state index contributed by atoms with van der Waals surface area (Å²) in [6.07, 6.45) is 5.83. The Labute approximate surface area is 96.8 Å². The molecule has 0 spiro atoms. The normalized spacial score (nSPS) is 34.4. The molecule has 1 saturated carbocycles. The summed E-state index contributed by atoms with van der Waals surface area (Å²) in [6.45, 7) is 3.57. The fraction of sp³-hybridized carbons (Fsp3) is 0.917. The standard InChI is InChI=1S/C12H22N2O2/c1-9(10-4-2-3-5-10)14-7-6-12(13,8-14)11(15)16/h9-10H,2-8,13H2,1H3,(H,15,16). The van der Waals surface area contributed by atoms with E-state index in [1.165, 1.54) is 25.7 Å². The Morgan fingerprint density at radius 3 is 2.62 bits per heavy atom. The molecule has 1 aliphatic carbocycles. The van der Waals surface area contributed by atoms with E-state index >= 15 is 0 Å². The molecule has 0 radical (unpaired) electrons. The molecule has 2 unspecified atom stereocenters. The molecule has 0 bridgehead atoms. The zero-order chi connectivity index (χ0) is 11.8. The maximum atomic E-state index is 11.1. The van der Waals surface area contributed by atoms with Gasteiger partial charge in [0.05, 0.1) is 0 Å². The minimum Gasteiger partial charge on any atom is -0.480 e. The van der Waals surface area contributed by atoms with Crippen molar-refractivity contribution in [2.45, 2.75) is 50.6 Å². The van der Waals surface area contributed by atoms with E-state index in [1.807, 2.05) is 0 Å². The molecule has 1 aliphatic heterocycles.